The summed E-state index contributed by atoms with van der Waals surface area (Å²) in [6.07, 6.45) is 5.53. The molecule has 1 rings (SSSR count). The number of rotatable bonds is 11. The molecule has 4 N–H and O–H groups in total. The van der Waals surface area contributed by atoms with E-state index in [2.05, 4.69) is 0 Å². The molecule has 1 radical (unpaired) electrons. The van der Waals surface area contributed by atoms with Crippen molar-refractivity contribution in [3.05, 3.63) is 0 Å². The molecule has 6 heteroatoms. The molecule has 0 saturated heterocycles. The first-order valence-electron chi connectivity index (χ1n) is 8.43. The lowest BCUT2D eigenvalue weighted by atomic mass is 9.76. The summed E-state index contributed by atoms with van der Waals surface area (Å²) in [5, 5.41) is 0. The average molecular weight is 325 g/mol. The lowest BCUT2D eigenvalue weighted by Gasteiger charge is -2.33. The van der Waals surface area contributed by atoms with E-state index in [4.69, 9.17) is 16.2 Å². The Bertz CT molecular complexity index is 417. The van der Waals surface area contributed by atoms with Crippen LogP contribution in [-0.4, -0.2) is 36.2 Å². The van der Waals surface area contributed by atoms with E-state index in [0.29, 0.717) is 13.0 Å². The smallest absolute Gasteiger partial charge is 0.418 e. The van der Waals surface area contributed by atoms with E-state index in [1.807, 2.05) is 0 Å². The Balaban J connectivity index is 2.91. The summed E-state index contributed by atoms with van der Waals surface area (Å²) in [4.78, 5) is 36.3. The van der Waals surface area contributed by atoms with Gasteiger partial charge in [0.1, 0.15) is 11.5 Å². The Morgan fingerprint density at radius 2 is 1.87 bits per heavy atom. The molecule has 1 saturated carbocycles. The van der Waals surface area contributed by atoms with E-state index in [-0.39, 0.29) is 17.5 Å². The Hall–Kier alpha value is -1.27. The standard InChI is InChI=1S/C17H29N2O4/c1-17(2,23-11-20)14(15(21)12-7-3-4-8-12)16(22)13(19)9-5-6-10-18/h12-14H,3-10,18-19H2,1-2H3/t13-,14?/m0/s1. The van der Waals surface area contributed by atoms with Gasteiger partial charge in [0.25, 0.3) is 0 Å². The average Bonchev–Trinajstić information content (AvgIpc) is 3.01. The second kappa shape index (κ2) is 9.13. The minimum Gasteiger partial charge on any atom is -0.450 e. The molecule has 0 aromatic carbocycles. The van der Waals surface area contributed by atoms with Crippen LogP contribution in [0.15, 0.2) is 0 Å². The molecule has 2 atom stereocenters. The Labute approximate surface area is 138 Å². The van der Waals surface area contributed by atoms with Crippen LogP contribution in [0.4, 0.5) is 0 Å². The zero-order valence-corrected chi connectivity index (χ0v) is 14.2. The number of ketones is 2. The SMILES string of the molecule is CC(C)(O[C]=O)C(C(=O)C1CCCC1)C(=O)[C@@H](N)CCCCN. The number of Topliss-reactive ketones (excluding diaryl/α,β-unsaturated/α-hetero) is 2. The molecule has 0 heterocycles. The van der Waals surface area contributed by atoms with Crippen molar-refractivity contribution < 1.29 is 19.1 Å². The van der Waals surface area contributed by atoms with Gasteiger partial charge in [-0.25, -0.2) is 4.79 Å². The molecule has 0 aliphatic heterocycles. The fourth-order valence-electron chi connectivity index (χ4n) is 3.30. The van der Waals surface area contributed by atoms with Crippen LogP contribution in [0.2, 0.25) is 0 Å². The largest absolute Gasteiger partial charge is 0.450 e. The van der Waals surface area contributed by atoms with Crippen LogP contribution in [0.3, 0.4) is 0 Å². The van der Waals surface area contributed by atoms with Crippen molar-refractivity contribution >= 4 is 18.0 Å². The highest BCUT2D eigenvalue weighted by Gasteiger charge is 2.46. The molecule has 0 spiro atoms. The molecule has 0 aromatic rings. The molecule has 1 fully saturated rings. The zero-order valence-electron chi connectivity index (χ0n) is 14.2. The number of ether oxygens (including phenoxy) is 1. The predicted octanol–water partition coefficient (Wildman–Crippen LogP) is 1.25. The van der Waals surface area contributed by atoms with E-state index in [1.54, 1.807) is 13.8 Å². The highest BCUT2D eigenvalue weighted by Crippen LogP contribution is 2.33. The van der Waals surface area contributed by atoms with Gasteiger partial charge in [0, 0.05) is 5.92 Å². The molecule has 1 aliphatic rings. The van der Waals surface area contributed by atoms with Crippen molar-refractivity contribution in [1.82, 2.24) is 0 Å². The van der Waals surface area contributed by atoms with Gasteiger partial charge in [-0.3, -0.25) is 9.59 Å². The predicted molar refractivity (Wildman–Crippen MR) is 87.2 cm³/mol. The highest BCUT2D eigenvalue weighted by atomic mass is 16.5. The molecular weight excluding hydrogens is 296 g/mol. The van der Waals surface area contributed by atoms with Crippen molar-refractivity contribution in [1.29, 1.82) is 0 Å². The molecule has 1 aliphatic carbocycles. The van der Waals surface area contributed by atoms with E-state index < -0.39 is 17.6 Å². The zero-order chi connectivity index (χ0) is 17.5. The quantitative estimate of drug-likeness (QED) is 0.437. The molecule has 0 aromatic heterocycles. The summed E-state index contributed by atoms with van der Waals surface area (Å²) in [6.45, 7) is 5.05. The maximum Gasteiger partial charge on any atom is 0.418 e. The normalized spacial score (nSPS) is 18.4. The van der Waals surface area contributed by atoms with Crippen molar-refractivity contribution in [2.75, 3.05) is 6.54 Å². The van der Waals surface area contributed by atoms with Gasteiger partial charge in [0.15, 0.2) is 11.6 Å². The third kappa shape index (κ3) is 5.39. The van der Waals surface area contributed by atoms with Crippen LogP contribution in [0, 0.1) is 11.8 Å². The van der Waals surface area contributed by atoms with E-state index in [0.717, 1.165) is 38.5 Å². The first-order chi connectivity index (χ1) is 10.8. The van der Waals surface area contributed by atoms with Gasteiger partial charge >= 0.3 is 6.47 Å². The number of carbonyl (C=O) groups is 2. The maximum atomic E-state index is 12.8. The second-order valence-corrected chi connectivity index (χ2v) is 6.90. The Morgan fingerprint density at radius 3 is 2.39 bits per heavy atom. The monoisotopic (exact) mass is 325 g/mol. The van der Waals surface area contributed by atoms with Crippen LogP contribution in [0.1, 0.15) is 58.8 Å². The van der Waals surface area contributed by atoms with E-state index >= 15 is 0 Å². The number of hydrogen-bond acceptors (Lipinski definition) is 6. The summed E-state index contributed by atoms with van der Waals surface area (Å²) in [6, 6.07) is -0.744. The van der Waals surface area contributed by atoms with Crippen LogP contribution in [0.25, 0.3) is 0 Å². The van der Waals surface area contributed by atoms with Gasteiger partial charge in [-0.15, -0.1) is 0 Å². The van der Waals surface area contributed by atoms with Crippen molar-refractivity contribution in [2.24, 2.45) is 23.3 Å². The number of unbranched alkanes of at least 4 members (excludes halogenated alkanes) is 1. The number of carbonyl (C=O) groups excluding carboxylic acids is 3. The van der Waals surface area contributed by atoms with Crippen LogP contribution >= 0.6 is 0 Å². The van der Waals surface area contributed by atoms with Gasteiger partial charge < -0.3 is 16.2 Å². The van der Waals surface area contributed by atoms with Crippen molar-refractivity contribution in [3.63, 3.8) is 0 Å². The first kappa shape index (κ1) is 19.8. The van der Waals surface area contributed by atoms with Crippen molar-refractivity contribution in [2.45, 2.75) is 70.4 Å². The first-order valence-corrected chi connectivity index (χ1v) is 8.43. The Kier molecular flexibility index (Phi) is 7.85. The second-order valence-electron chi connectivity index (χ2n) is 6.90. The molecule has 6 nitrogen and oxygen atoms in total. The summed E-state index contributed by atoms with van der Waals surface area (Å²) < 4.78 is 4.95. The summed E-state index contributed by atoms with van der Waals surface area (Å²) >= 11 is 0. The van der Waals surface area contributed by atoms with Crippen LogP contribution < -0.4 is 11.5 Å². The number of hydrogen-bond donors (Lipinski definition) is 2. The number of nitrogens with two attached hydrogens (primary N) is 2. The third-order valence-corrected chi connectivity index (χ3v) is 4.66. The van der Waals surface area contributed by atoms with E-state index in [1.165, 1.54) is 6.47 Å². The summed E-state index contributed by atoms with van der Waals surface area (Å²) in [5.41, 5.74) is 10.2. The lowest BCUT2D eigenvalue weighted by molar-refractivity contribution is -0.144. The fraction of sp³-hybridized carbons (Fsp3) is 0.824. The minimum atomic E-state index is -1.23. The van der Waals surface area contributed by atoms with Crippen LogP contribution in [0.5, 0.6) is 0 Å². The van der Waals surface area contributed by atoms with Crippen LogP contribution in [-0.2, 0) is 19.1 Å². The van der Waals surface area contributed by atoms with Gasteiger partial charge in [-0.05, 0) is 46.1 Å². The maximum absolute atomic E-state index is 12.8. The molecule has 0 bridgehead atoms. The van der Waals surface area contributed by atoms with Gasteiger partial charge in [0.2, 0.25) is 0 Å². The van der Waals surface area contributed by atoms with Gasteiger partial charge in [-0.1, -0.05) is 19.3 Å². The third-order valence-electron chi connectivity index (χ3n) is 4.66. The molecular formula is C17H29N2O4. The molecule has 131 valence electrons. The minimum absolute atomic E-state index is 0.144. The Morgan fingerprint density at radius 1 is 1.26 bits per heavy atom. The fourth-order valence-corrected chi connectivity index (χ4v) is 3.30. The van der Waals surface area contributed by atoms with E-state index in [9.17, 15) is 14.4 Å². The molecule has 1 unspecified atom stereocenters. The summed E-state index contributed by atoms with van der Waals surface area (Å²) in [5.74, 6) is -1.67. The molecule has 23 heavy (non-hydrogen) atoms. The summed E-state index contributed by atoms with van der Waals surface area (Å²) in [7, 11) is 0. The highest BCUT2D eigenvalue weighted by molar-refractivity contribution is 6.06. The van der Waals surface area contributed by atoms with Gasteiger partial charge in [0.05, 0.1) is 6.04 Å². The topological polar surface area (TPSA) is 112 Å². The van der Waals surface area contributed by atoms with Gasteiger partial charge in [-0.2, -0.15) is 0 Å². The van der Waals surface area contributed by atoms with Crippen molar-refractivity contribution in [3.8, 4) is 0 Å². The molecule has 0 amide bonds. The lowest BCUT2D eigenvalue weighted by Crippen LogP contribution is -2.51.